The summed E-state index contributed by atoms with van der Waals surface area (Å²) in [5.41, 5.74) is 1.09. The summed E-state index contributed by atoms with van der Waals surface area (Å²) in [6, 6.07) is 14.3. The van der Waals surface area contributed by atoms with E-state index in [2.05, 4.69) is 35.8 Å². The average Bonchev–Trinajstić information content (AvgIpc) is 2.47. The summed E-state index contributed by atoms with van der Waals surface area (Å²) in [5.74, 6) is 0.0830. The molecule has 0 aliphatic rings. The van der Waals surface area contributed by atoms with Crippen LogP contribution < -0.4 is 10.6 Å². The van der Waals surface area contributed by atoms with Gasteiger partial charge in [0.1, 0.15) is 0 Å². The van der Waals surface area contributed by atoms with Crippen LogP contribution in [-0.2, 0) is 11.2 Å². The van der Waals surface area contributed by atoms with Crippen LogP contribution in [0.15, 0.2) is 42.5 Å². The molecule has 0 spiro atoms. The number of carbonyl (C=O) groups excluding carboxylic acids is 1. The number of amides is 1. The summed E-state index contributed by atoms with van der Waals surface area (Å²) in [6.07, 6.45) is 1.55. The smallest absolute Gasteiger partial charge is 0.224 e. The lowest BCUT2D eigenvalue weighted by atomic mass is 10.0. The Morgan fingerprint density at radius 1 is 1.00 bits per heavy atom. The monoisotopic (exact) mass is 270 g/mol. The first-order valence-corrected chi connectivity index (χ1v) is 7.25. The third-order valence-electron chi connectivity index (χ3n) is 3.28. The van der Waals surface area contributed by atoms with Crippen LogP contribution >= 0.6 is 0 Å². The highest BCUT2D eigenvalue weighted by atomic mass is 16.1. The minimum absolute atomic E-state index is 0.0830. The fourth-order valence-electron chi connectivity index (χ4n) is 2.27. The Bertz CT molecular complexity index is 560. The molecule has 3 heteroatoms. The molecule has 0 bridgehead atoms. The van der Waals surface area contributed by atoms with E-state index in [0.717, 1.165) is 30.5 Å². The SMILES string of the molecule is CCCNCCNC(=O)Cc1cccc2ccccc12. The van der Waals surface area contributed by atoms with Gasteiger partial charge in [0.05, 0.1) is 6.42 Å². The summed E-state index contributed by atoms with van der Waals surface area (Å²) in [5, 5.41) is 8.57. The summed E-state index contributed by atoms with van der Waals surface area (Å²) in [4.78, 5) is 11.9. The molecule has 0 saturated carbocycles. The predicted octanol–water partition coefficient (Wildman–Crippen LogP) is 2.50. The van der Waals surface area contributed by atoms with Crippen molar-refractivity contribution < 1.29 is 4.79 Å². The van der Waals surface area contributed by atoms with Crippen molar-refractivity contribution in [1.29, 1.82) is 0 Å². The van der Waals surface area contributed by atoms with E-state index >= 15 is 0 Å². The molecule has 0 aromatic heterocycles. The van der Waals surface area contributed by atoms with E-state index in [0.29, 0.717) is 13.0 Å². The second-order valence-electron chi connectivity index (χ2n) is 4.92. The van der Waals surface area contributed by atoms with Gasteiger partial charge >= 0.3 is 0 Å². The zero-order valence-electron chi connectivity index (χ0n) is 12.0. The van der Waals surface area contributed by atoms with Crippen molar-refractivity contribution in [2.75, 3.05) is 19.6 Å². The first-order valence-electron chi connectivity index (χ1n) is 7.25. The number of hydrogen-bond donors (Lipinski definition) is 2. The molecule has 0 aliphatic carbocycles. The van der Waals surface area contributed by atoms with Gasteiger partial charge in [0.15, 0.2) is 0 Å². The van der Waals surface area contributed by atoms with Gasteiger partial charge in [-0.3, -0.25) is 4.79 Å². The fourth-order valence-corrected chi connectivity index (χ4v) is 2.27. The highest BCUT2D eigenvalue weighted by molar-refractivity contribution is 5.90. The molecule has 3 nitrogen and oxygen atoms in total. The van der Waals surface area contributed by atoms with Crippen molar-refractivity contribution in [2.45, 2.75) is 19.8 Å². The lowest BCUT2D eigenvalue weighted by molar-refractivity contribution is -0.120. The zero-order valence-corrected chi connectivity index (χ0v) is 12.0. The molecule has 0 radical (unpaired) electrons. The molecule has 20 heavy (non-hydrogen) atoms. The molecule has 0 aliphatic heterocycles. The predicted molar refractivity (Wildman–Crippen MR) is 83.8 cm³/mol. The molecule has 2 aromatic carbocycles. The van der Waals surface area contributed by atoms with Crippen LogP contribution in [0.5, 0.6) is 0 Å². The Morgan fingerprint density at radius 2 is 1.80 bits per heavy atom. The van der Waals surface area contributed by atoms with Crippen LogP contribution in [0.3, 0.4) is 0 Å². The van der Waals surface area contributed by atoms with E-state index in [-0.39, 0.29) is 5.91 Å². The number of rotatable bonds is 7. The summed E-state index contributed by atoms with van der Waals surface area (Å²) in [7, 11) is 0. The largest absolute Gasteiger partial charge is 0.355 e. The molecule has 0 atom stereocenters. The summed E-state index contributed by atoms with van der Waals surface area (Å²) < 4.78 is 0. The number of hydrogen-bond acceptors (Lipinski definition) is 2. The van der Waals surface area contributed by atoms with Crippen LogP contribution in [0.1, 0.15) is 18.9 Å². The topological polar surface area (TPSA) is 41.1 Å². The Labute approximate surface area is 120 Å². The van der Waals surface area contributed by atoms with Gasteiger partial charge in [0.2, 0.25) is 5.91 Å². The van der Waals surface area contributed by atoms with E-state index < -0.39 is 0 Å². The Morgan fingerprint density at radius 3 is 2.65 bits per heavy atom. The van der Waals surface area contributed by atoms with Gasteiger partial charge in [-0.05, 0) is 29.3 Å². The van der Waals surface area contributed by atoms with Crippen LogP contribution in [-0.4, -0.2) is 25.5 Å². The summed E-state index contributed by atoms with van der Waals surface area (Å²) >= 11 is 0. The Balaban J connectivity index is 1.90. The normalized spacial score (nSPS) is 10.7. The molecule has 106 valence electrons. The molecule has 0 fully saturated rings. The highest BCUT2D eigenvalue weighted by Gasteiger charge is 2.05. The molecule has 0 heterocycles. The van der Waals surface area contributed by atoms with E-state index in [4.69, 9.17) is 0 Å². The van der Waals surface area contributed by atoms with Crippen molar-refractivity contribution in [3.63, 3.8) is 0 Å². The van der Waals surface area contributed by atoms with Crippen LogP contribution in [0.4, 0.5) is 0 Å². The molecular weight excluding hydrogens is 248 g/mol. The molecule has 1 amide bonds. The third-order valence-corrected chi connectivity index (χ3v) is 3.28. The lowest BCUT2D eigenvalue weighted by Crippen LogP contribution is -2.33. The minimum atomic E-state index is 0.0830. The molecular formula is C17H22N2O. The highest BCUT2D eigenvalue weighted by Crippen LogP contribution is 2.18. The molecule has 2 N–H and O–H groups in total. The van der Waals surface area contributed by atoms with E-state index in [1.165, 1.54) is 5.39 Å². The molecule has 0 saturated heterocycles. The van der Waals surface area contributed by atoms with Crippen molar-refractivity contribution >= 4 is 16.7 Å². The minimum Gasteiger partial charge on any atom is -0.355 e. The maximum atomic E-state index is 11.9. The maximum Gasteiger partial charge on any atom is 0.224 e. The Kier molecular flexibility index (Phi) is 5.56. The van der Waals surface area contributed by atoms with E-state index in [9.17, 15) is 4.79 Å². The number of nitrogens with one attached hydrogen (secondary N) is 2. The van der Waals surface area contributed by atoms with Gasteiger partial charge in [-0.25, -0.2) is 0 Å². The first-order chi connectivity index (χ1) is 9.81. The second kappa shape index (κ2) is 7.65. The zero-order chi connectivity index (χ0) is 14.2. The average molecular weight is 270 g/mol. The third kappa shape index (κ3) is 4.07. The van der Waals surface area contributed by atoms with Crippen LogP contribution in [0.25, 0.3) is 10.8 Å². The summed E-state index contributed by atoms with van der Waals surface area (Å²) in [6.45, 7) is 4.64. The van der Waals surface area contributed by atoms with Gasteiger partial charge in [0, 0.05) is 13.1 Å². The molecule has 0 unspecified atom stereocenters. The fraction of sp³-hybridized carbons (Fsp3) is 0.353. The van der Waals surface area contributed by atoms with Gasteiger partial charge < -0.3 is 10.6 Å². The Hall–Kier alpha value is -1.87. The van der Waals surface area contributed by atoms with Gasteiger partial charge in [-0.15, -0.1) is 0 Å². The first kappa shape index (κ1) is 14.5. The van der Waals surface area contributed by atoms with Crippen LogP contribution in [0.2, 0.25) is 0 Å². The lowest BCUT2D eigenvalue weighted by Gasteiger charge is -2.08. The van der Waals surface area contributed by atoms with E-state index in [1.807, 2.05) is 24.3 Å². The van der Waals surface area contributed by atoms with E-state index in [1.54, 1.807) is 0 Å². The van der Waals surface area contributed by atoms with Crippen molar-refractivity contribution in [1.82, 2.24) is 10.6 Å². The molecule has 2 aromatic rings. The van der Waals surface area contributed by atoms with Crippen molar-refractivity contribution in [2.24, 2.45) is 0 Å². The van der Waals surface area contributed by atoms with Crippen molar-refractivity contribution in [3.05, 3.63) is 48.0 Å². The van der Waals surface area contributed by atoms with Gasteiger partial charge in [-0.2, -0.15) is 0 Å². The number of benzene rings is 2. The maximum absolute atomic E-state index is 11.9. The standard InChI is InChI=1S/C17H22N2O/c1-2-10-18-11-12-19-17(20)13-15-8-5-7-14-6-3-4-9-16(14)15/h3-9,18H,2,10-13H2,1H3,(H,19,20). The quantitative estimate of drug-likeness (QED) is 0.759. The van der Waals surface area contributed by atoms with Gasteiger partial charge in [-0.1, -0.05) is 49.4 Å². The van der Waals surface area contributed by atoms with Crippen LogP contribution in [0, 0.1) is 0 Å². The van der Waals surface area contributed by atoms with Gasteiger partial charge in [0.25, 0.3) is 0 Å². The second-order valence-corrected chi connectivity index (χ2v) is 4.92. The molecule has 2 rings (SSSR count). The van der Waals surface area contributed by atoms with Crippen molar-refractivity contribution in [3.8, 4) is 0 Å². The number of carbonyl (C=O) groups is 1. The number of fused-ring (bicyclic) bond motifs is 1.